The first-order valence-corrected chi connectivity index (χ1v) is 8.01. The third-order valence-corrected chi connectivity index (χ3v) is 4.61. The molecular weight excluding hydrogens is 316 g/mol. The van der Waals surface area contributed by atoms with Crippen LogP contribution >= 0.6 is 0 Å². The van der Waals surface area contributed by atoms with Crippen LogP contribution in [-0.4, -0.2) is 40.5 Å². The van der Waals surface area contributed by atoms with Crippen molar-refractivity contribution in [2.45, 2.75) is 19.4 Å². The minimum absolute atomic E-state index is 0.0662. The number of aromatic nitrogens is 2. The Balaban J connectivity index is 1.56. The van der Waals surface area contributed by atoms with Gasteiger partial charge in [-0.05, 0) is 18.6 Å². The first-order valence-electron chi connectivity index (χ1n) is 8.01. The summed E-state index contributed by atoms with van der Waals surface area (Å²) in [5.74, 6) is -0.873. The molecule has 1 aromatic heterocycles. The highest BCUT2D eigenvalue weighted by Crippen LogP contribution is 2.26. The summed E-state index contributed by atoms with van der Waals surface area (Å²) in [6, 6.07) is 3.41. The summed E-state index contributed by atoms with van der Waals surface area (Å²) in [6.07, 6.45) is 1.38. The second kappa shape index (κ2) is 5.98. The predicted octanol–water partition coefficient (Wildman–Crippen LogP) is 2.28. The van der Waals surface area contributed by atoms with E-state index in [1.54, 1.807) is 4.90 Å². The molecule has 2 aliphatic heterocycles. The molecule has 2 aromatic rings. The van der Waals surface area contributed by atoms with Gasteiger partial charge in [0.1, 0.15) is 17.5 Å². The van der Waals surface area contributed by atoms with Gasteiger partial charge in [-0.2, -0.15) is 0 Å². The van der Waals surface area contributed by atoms with Gasteiger partial charge in [-0.25, -0.2) is 13.8 Å². The molecule has 0 unspecified atom stereocenters. The van der Waals surface area contributed by atoms with E-state index in [-0.39, 0.29) is 17.4 Å². The van der Waals surface area contributed by atoms with Crippen molar-refractivity contribution < 1.29 is 18.3 Å². The van der Waals surface area contributed by atoms with E-state index in [0.29, 0.717) is 38.5 Å². The van der Waals surface area contributed by atoms with Crippen LogP contribution < -0.4 is 0 Å². The van der Waals surface area contributed by atoms with Gasteiger partial charge in [0, 0.05) is 25.6 Å². The average molecular weight is 333 g/mol. The molecule has 0 aliphatic carbocycles. The topological polar surface area (TPSA) is 58.2 Å². The highest BCUT2D eigenvalue weighted by Gasteiger charge is 2.31. The molecule has 1 amide bonds. The van der Waals surface area contributed by atoms with E-state index in [1.165, 1.54) is 12.1 Å². The molecule has 3 heterocycles. The summed E-state index contributed by atoms with van der Waals surface area (Å²) in [5.41, 5.74) is 1.88. The molecule has 0 saturated carbocycles. The summed E-state index contributed by atoms with van der Waals surface area (Å²) in [4.78, 5) is 21.8. The molecule has 1 fully saturated rings. The van der Waals surface area contributed by atoms with Gasteiger partial charge in [-0.3, -0.25) is 4.79 Å². The number of halogens is 2. The van der Waals surface area contributed by atoms with E-state index >= 15 is 0 Å². The minimum atomic E-state index is -0.655. The zero-order valence-electron chi connectivity index (χ0n) is 13.0. The fourth-order valence-electron chi connectivity index (χ4n) is 3.28. The highest BCUT2D eigenvalue weighted by atomic mass is 19.1. The lowest BCUT2D eigenvalue weighted by Crippen LogP contribution is -2.40. The molecule has 2 aliphatic rings. The number of H-pyrrole nitrogens is 1. The Morgan fingerprint density at radius 1 is 1.38 bits per heavy atom. The van der Waals surface area contributed by atoms with Gasteiger partial charge in [0.2, 0.25) is 5.91 Å². The molecule has 0 radical (unpaired) electrons. The summed E-state index contributed by atoms with van der Waals surface area (Å²) in [6.45, 7) is 2.14. The van der Waals surface area contributed by atoms with Gasteiger partial charge in [0.05, 0.1) is 36.0 Å². The summed E-state index contributed by atoms with van der Waals surface area (Å²) < 4.78 is 32.3. The number of rotatable bonds is 2. The number of hydrogen-bond acceptors (Lipinski definition) is 3. The number of aromatic amines is 1. The second-order valence-corrected chi connectivity index (χ2v) is 6.21. The standard InChI is InChI=1S/C17H17F2N3O2/c18-11-1-2-12(13(19)7-11)16-20-14-3-5-22(8-15(14)21-16)17(23)10-4-6-24-9-10/h1-2,7,10H,3-6,8-9H2,(H,20,21)/t10-/m0/s1. The quantitative estimate of drug-likeness (QED) is 0.917. The molecule has 1 saturated heterocycles. The third kappa shape index (κ3) is 2.69. The highest BCUT2D eigenvalue weighted by molar-refractivity contribution is 5.79. The Hall–Kier alpha value is -2.28. The molecule has 7 heteroatoms. The fraction of sp³-hybridized carbons (Fsp3) is 0.412. The Morgan fingerprint density at radius 2 is 2.25 bits per heavy atom. The van der Waals surface area contributed by atoms with Gasteiger partial charge in [-0.15, -0.1) is 0 Å². The number of nitrogens with zero attached hydrogens (tertiary/aromatic N) is 2. The lowest BCUT2D eigenvalue weighted by Gasteiger charge is -2.28. The van der Waals surface area contributed by atoms with Crippen LogP contribution in [-0.2, 0) is 22.5 Å². The zero-order valence-corrected chi connectivity index (χ0v) is 13.0. The Labute approximate surface area is 137 Å². The van der Waals surface area contributed by atoms with Crippen LogP contribution in [0.15, 0.2) is 18.2 Å². The number of ether oxygens (including phenoxy) is 1. The van der Waals surface area contributed by atoms with Crippen molar-refractivity contribution in [1.29, 1.82) is 0 Å². The fourth-order valence-corrected chi connectivity index (χ4v) is 3.28. The van der Waals surface area contributed by atoms with Crippen molar-refractivity contribution in [1.82, 2.24) is 14.9 Å². The lowest BCUT2D eigenvalue weighted by atomic mass is 10.0. The zero-order chi connectivity index (χ0) is 16.7. The first kappa shape index (κ1) is 15.3. The Morgan fingerprint density at radius 3 is 3.00 bits per heavy atom. The van der Waals surface area contributed by atoms with E-state index in [9.17, 15) is 13.6 Å². The molecule has 5 nitrogen and oxygen atoms in total. The molecule has 1 N–H and O–H groups in total. The van der Waals surface area contributed by atoms with Gasteiger partial charge in [-0.1, -0.05) is 0 Å². The van der Waals surface area contributed by atoms with E-state index in [4.69, 9.17) is 4.74 Å². The summed E-state index contributed by atoms with van der Waals surface area (Å²) in [5, 5.41) is 0. The van der Waals surface area contributed by atoms with E-state index in [1.807, 2.05) is 0 Å². The monoisotopic (exact) mass is 333 g/mol. The van der Waals surface area contributed by atoms with E-state index in [0.717, 1.165) is 23.9 Å². The maximum absolute atomic E-state index is 13.9. The van der Waals surface area contributed by atoms with E-state index in [2.05, 4.69) is 9.97 Å². The SMILES string of the molecule is O=C([C@H]1CCOC1)N1CCc2nc(-c3ccc(F)cc3F)[nH]c2C1. The minimum Gasteiger partial charge on any atom is -0.381 e. The number of benzene rings is 1. The number of carbonyl (C=O) groups is 1. The number of carbonyl (C=O) groups excluding carboxylic acids is 1. The van der Waals surface area contributed by atoms with E-state index < -0.39 is 11.6 Å². The van der Waals surface area contributed by atoms with Crippen molar-refractivity contribution in [3.8, 4) is 11.4 Å². The van der Waals surface area contributed by atoms with Crippen molar-refractivity contribution in [3.05, 3.63) is 41.2 Å². The van der Waals surface area contributed by atoms with Crippen LogP contribution in [0, 0.1) is 17.6 Å². The molecule has 1 atom stereocenters. The van der Waals surface area contributed by atoms with Crippen molar-refractivity contribution >= 4 is 5.91 Å². The number of imidazole rings is 1. The van der Waals surface area contributed by atoms with Gasteiger partial charge < -0.3 is 14.6 Å². The largest absolute Gasteiger partial charge is 0.381 e. The van der Waals surface area contributed by atoms with Crippen LogP contribution in [0.25, 0.3) is 11.4 Å². The molecule has 0 spiro atoms. The predicted molar refractivity (Wildman–Crippen MR) is 82.0 cm³/mol. The summed E-state index contributed by atoms with van der Waals surface area (Å²) in [7, 11) is 0. The van der Waals surface area contributed by atoms with Crippen LogP contribution in [0.3, 0.4) is 0 Å². The Kier molecular flexibility index (Phi) is 3.80. The number of nitrogens with one attached hydrogen (secondary N) is 1. The van der Waals surface area contributed by atoms with Crippen LogP contribution in [0.2, 0.25) is 0 Å². The number of hydrogen-bond donors (Lipinski definition) is 1. The smallest absolute Gasteiger partial charge is 0.228 e. The number of fused-ring (bicyclic) bond motifs is 1. The van der Waals surface area contributed by atoms with Gasteiger partial charge >= 0.3 is 0 Å². The first-order chi connectivity index (χ1) is 11.6. The normalized spacial score (nSPS) is 20.2. The summed E-state index contributed by atoms with van der Waals surface area (Å²) >= 11 is 0. The van der Waals surface area contributed by atoms with Crippen LogP contribution in [0.1, 0.15) is 17.8 Å². The van der Waals surface area contributed by atoms with Crippen LogP contribution in [0.4, 0.5) is 8.78 Å². The molecule has 126 valence electrons. The average Bonchev–Trinajstić information content (AvgIpc) is 3.23. The lowest BCUT2D eigenvalue weighted by molar-refractivity contribution is -0.136. The molecule has 1 aromatic carbocycles. The van der Waals surface area contributed by atoms with Crippen LogP contribution in [0.5, 0.6) is 0 Å². The van der Waals surface area contributed by atoms with Crippen molar-refractivity contribution in [2.75, 3.05) is 19.8 Å². The van der Waals surface area contributed by atoms with Crippen molar-refractivity contribution in [2.24, 2.45) is 5.92 Å². The molecule has 4 rings (SSSR count). The second-order valence-electron chi connectivity index (χ2n) is 6.21. The van der Waals surface area contributed by atoms with Crippen molar-refractivity contribution in [3.63, 3.8) is 0 Å². The van der Waals surface area contributed by atoms with Gasteiger partial charge in [0.25, 0.3) is 0 Å². The maximum atomic E-state index is 13.9. The molecule has 24 heavy (non-hydrogen) atoms. The van der Waals surface area contributed by atoms with Gasteiger partial charge in [0.15, 0.2) is 0 Å². The third-order valence-electron chi connectivity index (χ3n) is 4.61. The Bertz CT molecular complexity index is 784. The molecule has 0 bridgehead atoms. The maximum Gasteiger partial charge on any atom is 0.228 e. The number of amides is 1. The molecular formula is C17H17F2N3O2.